The number of aromatic hydroxyl groups is 1. The van der Waals surface area contributed by atoms with Crippen molar-refractivity contribution in [2.45, 2.75) is 19.3 Å². The largest absolute Gasteiger partial charge is 0.508 e. The van der Waals surface area contributed by atoms with Crippen LogP contribution in [0.25, 0.3) is 0 Å². The maximum atomic E-state index is 10.7. The van der Waals surface area contributed by atoms with Crippen LogP contribution in [0.5, 0.6) is 5.75 Å². The monoisotopic (exact) mass is 192 g/mol. The molecule has 1 aliphatic carbocycles. The minimum absolute atomic E-state index is 0.0422. The van der Waals surface area contributed by atoms with Crippen molar-refractivity contribution < 1.29 is 15.0 Å². The van der Waals surface area contributed by atoms with Gasteiger partial charge in [-0.05, 0) is 48.9 Å². The van der Waals surface area contributed by atoms with Gasteiger partial charge in [-0.15, -0.1) is 0 Å². The molecule has 3 nitrogen and oxygen atoms in total. The molecule has 0 bridgehead atoms. The number of carbonyl (C=O) groups is 1. The number of carboxylic acids is 1. The lowest BCUT2D eigenvalue weighted by atomic mass is 10.1. The van der Waals surface area contributed by atoms with Crippen LogP contribution in [0.15, 0.2) is 18.2 Å². The van der Waals surface area contributed by atoms with Gasteiger partial charge in [0.05, 0.1) is 5.56 Å². The van der Waals surface area contributed by atoms with Gasteiger partial charge in [-0.3, -0.25) is 0 Å². The third-order valence-corrected chi connectivity index (χ3v) is 2.45. The van der Waals surface area contributed by atoms with Crippen LogP contribution in [0.2, 0.25) is 0 Å². The van der Waals surface area contributed by atoms with Gasteiger partial charge in [0.25, 0.3) is 0 Å². The summed E-state index contributed by atoms with van der Waals surface area (Å²) in [6.07, 6.45) is 3.32. The average molecular weight is 192 g/mol. The summed E-state index contributed by atoms with van der Waals surface area (Å²) in [4.78, 5) is 10.7. The Labute approximate surface area is 82.0 Å². The number of rotatable bonds is 3. The molecule has 0 aromatic heterocycles. The molecule has 0 radical (unpaired) electrons. The highest BCUT2D eigenvalue weighted by Crippen LogP contribution is 2.33. The predicted octanol–water partition coefficient (Wildman–Crippen LogP) is 2.04. The summed E-state index contributed by atoms with van der Waals surface area (Å²) in [5.41, 5.74) is 1.09. The summed E-state index contributed by atoms with van der Waals surface area (Å²) in [6.45, 7) is 0. The van der Waals surface area contributed by atoms with E-state index in [2.05, 4.69) is 0 Å². The first kappa shape index (κ1) is 9.06. The van der Waals surface area contributed by atoms with Gasteiger partial charge in [0.15, 0.2) is 0 Å². The molecule has 1 aliphatic rings. The van der Waals surface area contributed by atoms with E-state index in [0.29, 0.717) is 5.92 Å². The molecular formula is C11H12O3. The van der Waals surface area contributed by atoms with Gasteiger partial charge in [0.2, 0.25) is 0 Å². The van der Waals surface area contributed by atoms with E-state index in [0.717, 1.165) is 12.0 Å². The van der Waals surface area contributed by atoms with Crippen LogP contribution in [-0.2, 0) is 6.42 Å². The second kappa shape index (κ2) is 3.33. The lowest BCUT2D eigenvalue weighted by molar-refractivity contribution is 0.0696. The Morgan fingerprint density at radius 3 is 2.64 bits per heavy atom. The van der Waals surface area contributed by atoms with E-state index in [1.54, 1.807) is 12.1 Å². The molecule has 0 amide bonds. The topological polar surface area (TPSA) is 57.5 Å². The van der Waals surface area contributed by atoms with Crippen LogP contribution in [0.4, 0.5) is 0 Å². The van der Waals surface area contributed by atoms with E-state index in [1.165, 1.54) is 18.9 Å². The average Bonchev–Trinajstić information content (AvgIpc) is 2.87. The first-order valence-corrected chi connectivity index (χ1v) is 4.71. The van der Waals surface area contributed by atoms with Crippen molar-refractivity contribution >= 4 is 5.97 Å². The molecule has 1 aromatic rings. The molecule has 0 saturated heterocycles. The van der Waals surface area contributed by atoms with Gasteiger partial charge in [-0.25, -0.2) is 4.79 Å². The molecule has 2 rings (SSSR count). The van der Waals surface area contributed by atoms with E-state index in [-0.39, 0.29) is 11.3 Å². The first-order valence-electron chi connectivity index (χ1n) is 4.71. The molecule has 1 aromatic carbocycles. The zero-order valence-corrected chi connectivity index (χ0v) is 7.73. The van der Waals surface area contributed by atoms with Crippen molar-refractivity contribution in [2.24, 2.45) is 5.92 Å². The molecule has 1 saturated carbocycles. The minimum atomic E-state index is -0.988. The van der Waals surface area contributed by atoms with Crippen molar-refractivity contribution in [1.82, 2.24) is 0 Å². The number of hydrogen-bond donors (Lipinski definition) is 2. The third-order valence-electron chi connectivity index (χ3n) is 2.45. The molecule has 0 unspecified atom stereocenters. The maximum Gasteiger partial charge on any atom is 0.335 e. The lowest BCUT2D eigenvalue weighted by Crippen LogP contribution is -1.98. The van der Waals surface area contributed by atoms with Crippen LogP contribution < -0.4 is 0 Å². The van der Waals surface area contributed by atoms with Crippen molar-refractivity contribution in [3.63, 3.8) is 0 Å². The Hall–Kier alpha value is -1.51. The quantitative estimate of drug-likeness (QED) is 0.770. The van der Waals surface area contributed by atoms with Crippen LogP contribution in [0, 0.1) is 5.92 Å². The molecule has 74 valence electrons. The summed E-state index contributed by atoms with van der Waals surface area (Å²) in [5, 5.41) is 18.1. The van der Waals surface area contributed by atoms with Crippen LogP contribution in [0.1, 0.15) is 28.8 Å². The fourth-order valence-electron chi connectivity index (χ4n) is 1.57. The molecule has 3 heteroatoms. The molecule has 0 aliphatic heterocycles. The Morgan fingerprint density at radius 1 is 1.36 bits per heavy atom. The summed E-state index contributed by atoms with van der Waals surface area (Å²) in [7, 11) is 0. The summed E-state index contributed by atoms with van der Waals surface area (Å²) >= 11 is 0. The molecule has 1 fully saturated rings. The molecule has 14 heavy (non-hydrogen) atoms. The van der Waals surface area contributed by atoms with Crippen molar-refractivity contribution in [3.8, 4) is 5.75 Å². The molecule has 0 heterocycles. The van der Waals surface area contributed by atoms with Crippen LogP contribution >= 0.6 is 0 Å². The minimum Gasteiger partial charge on any atom is -0.508 e. The highest BCUT2D eigenvalue weighted by molar-refractivity contribution is 5.88. The number of phenols is 1. The Kier molecular flexibility index (Phi) is 2.15. The van der Waals surface area contributed by atoms with Crippen LogP contribution in [-0.4, -0.2) is 16.2 Å². The third kappa shape index (κ3) is 2.05. The lowest BCUT2D eigenvalue weighted by Gasteiger charge is -2.02. The Balaban J connectivity index is 2.25. The number of aromatic carboxylic acids is 1. The Bertz CT molecular complexity index is 367. The number of hydrogen-bond acceptors (Lipinski definition) is 2. The maximum absolute atomic E-state index is 10.7. The first-order chi connectivity index (χ1) is 6.65. The smallest absolute Gasteiger partial charge is 0.335 e. The van der Waals surface area contributed by atoms with Gasteiger partial charge in [0, 0.05) is 0 Å². The van der Waals surface area contributed by atoms with Gasteiger partial charge < -0.3 is 10.2 Å². The van der Waals surface area contributed by atoms with Gasteiger partial charge in [0.1, 0.15) is 5.75 Å². The van der Waals surface area contributed by atoms with Crippen molar-refractivity contribution in [2.75, 3.05) is 0 Å². The zero-order valence-electron chi connectivity index (χ0n) is 7.73. The van der Waals surface area contributed by atoms with Gasteiger partial charge >= 0.3 is 5.97 Å². The fourth-order valence-corrected chi connectivity index (χ4v) is 1.57. The SMILES string of the molecule is O=C(O)c1cc(O)cc(CC2CC2)c1. The van der Waals surface area contributed by atoms with Gasteiger partial charge in [-0.1, -0.05) is 0 Å². The molecule has 2 N–H and O–H groups in total. The normalized spacial score (nSPS) is 15.4. The fraction of sp³-hybridized carbons (Fsp3) is 0.364. The summed E-state index contributed by atoms with van der Waals surface area (Å²) in [5.74, 6) is -0.253. The summed E-state index contributed by atoms with van der Waals surface area (Å²) < 4.78 is 0. The second-order valence-electron chi connectivity index (χ2n) is 3.84. The molecule has 0 spiro atoms. The number of phenolic OH excluding ortho intramolecular Hbond substituents is 1. The number of benzene rings is 1. The summed E-state index contributed by atoms with van der Waals surface area (Å²) in [6, 6.07) is 4.56. The Morgan fingerprint density at radius 2 is 2.07 bits per heavy atom. The van der Waals surface area contributed by atoms with E-state index in [9.17, 15) is 9.90 Å². The highest BCUT2D eigenvalue weighted by atomic mass is 16.4. The van der Waals surface area contributed by atoms with E-state index in [4.69, 9.17) is 5.11 Å². The molecule has 0 atom stereocenters. The second-order valence-corrected chi connectivity index (χ2v) is 3.84. The van der Waals surface area contributed by atoms with E-state index < -0.39 is 5.97 Å². The van der Waals surface area contributed by atoms with E-state index >= 15 is 0 Å². The zero-order chi connectivity index (χ0) is 10.1. The van der Waals surface area contributed by atoms with Crippen molar-refractivity contribution in [1.29, 1.82) is 0 Å². The van der Waals surface area contributed by atoms with Crippen molar-refractivity contribution in [3.05, 3.63) is 29.3 Å². The van der Waals surface area contributed by atoms with Gasteiger partial charge in [-0.2, -0.15) is 0 Å². The molecular weight excluding hydrogens is 180 g/mol. The van der Waals surface area contributed by atoms with E-state index in [1.807, 2.05) is 0 Å². The highest BCUT2D eigenvalue weighted by Gasteiger charge is 2.22. The predicted molar refractivity (Wildman–Crippen MR) is 51.5 cm³/mol. The number of carboxylic acid groups (broad SMARTS) is 1. The van der Waals surface area contributed by atoms with Crippen LogP contribution in [0.3, 0.4) is 0 Å². The standard InChI is InChI=1S/C11H12O3/c12-10-5-8(3-7-1-2-7)4-9(6-10)11(13)14/h4-7,12H,1-3H2,(H,13,14).